The number of hydrogen-bond acceptors (Lipinski definition) is 4. The van der Waals surface area contributed by atoms with Crippen LogP contribution in [0.5, 0.6) is 11.5 Å². The Kier molecular flexibility index (Phi) is 7.05. The SMILES string of the molecule is COc1cc(/C=N/NC(=O)c2ccc(-n3c(C)ccc3-c3ccccc3)cc2)c(Br)c(Cl)c1O. The summed E-state index contributed by atoms with van der Waals surface area (Å²) >= 11 is 9.40. The summed E-state index contributed by atoms with van der Waals surface area (Å²) in [6.45, 7) is 2.05. The van der Waals surface area contributed by atoms with Gasteiger partial charge in [-0.05, 0) is 70.9 Å². The minimum atomic E-state index is -0.358. The summed E-state index contributed by atoms with van der Waals surface area (Å²) in [5.41, 5.74) is 7.74. The Morgan fingerprint density at radius 3 is 2.50 bits per heavy atom. The van der Waals surface area contributed by atoms with Crippen molar-refractivity contribution in [3.8, 4) is 28.4 Å². The fraction of sp³-hybridized carbons (Fsp3) is 0.0769. The maximum atomic E-state index is 12.6. The van der Waals surface area contributed by atoms with Crippen LogP contribution in [0.1, 0.15) is 21.6 Å². The molecule has 0 aliphatic heterocycles. The van der Waals surface area contributed by atoms with E-state index in [1.807, 2.05) is 37.3 Å². The van der Waals surface area contributed by atoms with E-state index < -0.39 is 0 Å². The Morgan fingerprint density at radius 2 is 1.82 bits per heavy atom. The molecule has 1 heterocycles. The van der Waals surface area contributed by atoms with Crippen LogP contribution in [-0.2, 0) is 0 Å². The second-order valence-electron chi connectivity index (χ2n) is 7.45. The molecule has 0 spiro atoms. The minimum absolute atomic E-state index is 0.0953. The molecule has 4 rings (SSSR count). The van der Waals surface area contributed by atoms with Crippen molar-refractivity contribution in [3.63, 3.8) is 0 Å². The van der Waals surface area contributed by atoms with E-state index >= 15 is 0 Å². The van der Waals surface area contributed by atoms with Crippen LogP contribution < -0.4 is 10.2 Å². The number of nitrogens with one attached hydrogen (secondary N) is 1. The molecule has 0 fully saturated rings. The van der Waals surface area contributed by atoms with Crippen molar-refractivity contribution in [2.24, 2.45) is 5.10 Å². The number of carbonyl (C=O) groups excluding carboxylic acids is 1. The molecule has 6 nitrogen and oxygen atoms in total. The van der Waals surface area contributed by atoms with Gasteiger partial charge in [-0.15, -0.1) is 0 Å². The summed E-state index contributed by atoms with van der Waals surface area (Å²) < 4.78 is 7.68. The molecule has 0 bridgehead atoms. The number of aromatic nitrogens is 1. The van der Waals surface area contributed by atoms with Gasteiger partial charge >= 0.3 is 0 Å². The first-order valence-electron chi connectivity index (χ1n) is 10.3. The lowest BCUT2D eigenvalue weighted by molar-refractivity contribution is 0.0955. The van der Waals surface area contributed by atoms with Crippen LogP contribution >= 0.6 is 27.5 Å². The van der Waals surface area contributed by atoms with E-state index in [2.05, 4.69) is 55.3 Å². The van der Waals surface area contributed by atoms with Crippen LogP contribution in [0, 0.1) is 6.92 Å². The van der Waals surface area contributed by atoms with Gasteiger partial charge in [-0.3, -0.25) is 4.79 Å². The number of rotatable bonds is 6. The standard InChI is InChI=1S/C26H21BrClN3O3/c1-16-8-13-21(17-6-4-3-5-7-17)31(16)20-11-9-18(10-12-20)26(33)30-29-15-19-14-22(34-2)25(32)24(28)23(19)27/h3-15,32H,1-2H3,(H,30,33)/b29-15+. The number of aromatic hydroxyl groups is 1. The van der Waals surface area contributed by atoms with Crippen molar-refractivity contribution in [3.05, 3.63) is 99.1 Å². The van der Waals surface area contributed by atoms with Crippen molar-refractivity contribution in [1.82, 2.24) is 9.99 Å². The number of hydrogen-bond donors (Lipinski definition) is 2. The molecule has 2 N–H and O–H groups in total. The van der Waals surface area contributed by atoms with Crippen LogP contribution in [0.2, 0.25) is 5.02 Å². The number of hydrazone groups is 1. The third kappa shape index (κ3) is 4.71. The maximum absolute atomic E-state index is 12.6. The highest BCUT2D eigenvalue weighted by atomic mass is 79.9. The van der Waals surface area contributed by atoms with Gasteiger partial charge in [0.15, 0.2) is 11.5 Å². The van der Waals surface area contributed by atoms with Gasteiger partial charge in [0.05, 0.1) is 19.0 Å². The Bertz CT molecular complexity index is 1370. The van der Waals surface area contributed by atoms with E-state index in [4.69, 9.17) is 16.3 Å². The van der Waals surface area contributed by atoms with Crippen molar-refractivity contribution < 1.29 is 14.6 Å². The molecule has 0 unspecified atom stereocenters. The average molecular weight is 539 g/mol. The molecule has 0 aliphatic carbocycles. The summed E-state index contributed by atoms with van der Waals surface area (Å²) in [5, 5.41) is 14.1. The molecule has 0 aliphatic rings. The Balaban J connectivity index is 1.51. The molecule has 0 atom stereocenters. The number of nitrogens with zero attached hydrogens (tertiary/aromatic N) is 2. The third-order valence-electron chi connectivity index (χ3n) is 5.30. The number of carbonyl (C=O) groups is 1. The van der Waals surface area contributed by atoms with E-state index in [9.17, 15) is 9.90 Å². The number of phenols is 1. The molecule has 172 valence electrons. The lowest BCUT2D eigenvalue weighted by Crippen LogP contribution is -2.17. The highest BCUT2D eigenvalue weighted by Crippen LogP contribution is 2.40. The first-order chi connectivity index (χ1) is 16.4. The number of halogens is 2. The van der Waals surface area contributed by atoms with Gasteiger partial charge in [-0.2, -0.15) is 5.10 Å². The number of aryl methyl sites for hydroxylation is 1. The van der Waals surface area contributed by atoms with Gasteiger partial charge in [0.25, 0.3) is 5.91 Å². The van der Waals surface area contributed by atoms with Crippen LogP contribution in [0.25, 0.3) is 16.9 Å². The van der Waals surface area contributed by atoms with Gasteiger partial charge in [0.1, 0.15) is 5.02 Å². The molecule has 34 heavy (non-hydrogen) atoms. The van der Waals surface area contributed by atoms with E-state index in [0.717, 1.165) is 22.6 Å². The largest absolute Gasteiger partial charge is 0.503 e. The zero-order valence-corrected chi connectivity index (χ0v) is 20.8. The van der Waals surface area contributed by atoms with Crippen molar-refractivity contribution in [1.29, 1.82) is 0 Å². The summed E-state index contributed by atoms with van der Waals surface area (Å²) in [6, 6.07) is 23.2. The normalized spacial score (nSPS) is 11.1. The predicted molar refractivity (Wildman–Crippen MR) is 138 cm³/mol. The average Bonchev–Trinajstić information content (AvgIpc) is 3.25. The Hall–Kier alpha value is -3.55. The summed E-state index contributed by atoms with van der Waals surface area (Å²) in [6.07, 6.45) is 1.42. The van der Waals surface area contributed by atoms with Crippen LogP contribution in [0.4, 0.5) is 0 Å². The molecule has 8 heteroatoms. The number of ether oxygens (including phenoxy) is 1. The van der Waals surface area contributed by atoms with Gasteiger partial charge in [-0.25, -0.2) is 5.43 Å². The second-order valence-corrected chi connectivity index (χ2v) is 8.62. The van der Waals surface area contributed by atoms with Crippen LogP contribution in [0.3, 0.4) is 0 Å². The quantitative estimate of drug-likeness (QED) is 0.222. The van der Waals surface area contributed by atoms with Gasteiger partial charge in [0, 0.05) is 27.0 Å². The molecule has 0 radical (unpaired) electrons. The van der Waals surface area contributed by atoms with Gasteiger partial charge in [-0.1, -0.05) is 41.9 Å². The third-order valence-corrected chi connectivity index (χ3v) is 6.75. The number of phenolic OH excluding ortho intramolecular Hbond substituents is 1. The van der Waals surface area contributed by atoms with Gasteiger partial charge in [0.2, 0.25) is 0 Å². The van der Waals surface area contributed by atoms with Crippen molar-refractivity contribution >= 4 is 39.7 Å². The van der Waals surface area contributed by atoms with E-state index in [-0.39, 0.29) is 22.4 Å². The van der Waals surface area contributed by atoms with Gasteiger partial charge < -0.3 is 14.4 Å². The summed E-state index contributed by atoms with van der Waals surface area (Å²) in [4.78, 5) is 12.6. The summed E-state index contributed by atoms with van der Waals surface area (Å²) in [5.74, 6) is -0.333. The van der Waals surface area contributed by atoms with Crippen molar-refractivity contribution in [2.75, 3.05) is 7.11 Å². The lowest BCUT2D eigenvalue weighted by atomic mass is 10.1. The van der Waals surface area contributed by atoms with Crippen LogP contribution in [-0.4, -0.2) is 28.9 Å². The molecule has 1 aromatic heterocycles. The Morgan fingerprint density at radius 1 is 1.12 bits per heavy atom. The topological polar surface area (TPSA) is 75.8 Å². The molecule has 4 aromatic rings. The van der Waals surface area contributed by atoms with E-state index in [0.29, 0.717) is 15.6 Å². The smallest absolute Gasteiger partial charge is 0.271 e. The second kappa shape index (κ2) is 10.2. The highest BCUT2D eigenvalue weighted by molar-refractivity contribution is 9.10. The predicted octanol–water partition coefficient (Wildman–Crippen LogP) is 6.35. The lowest BCUT2D eigenvalue weighted by Gasteiger charge is -2.13. The fourth-order valence-corrected chi connectivity index (χ4v) is 4.17. The zero-order valence-electron chi connectivity index (χ0n) is 18.4. The number of amides is 1. The maximum Gasteiger partial charge on any atom is 0.271 e. The summed E-state index contributed by atoms with van der Waals surface area (Å²) in [7, 11) is 1.42. The van der Waals surface area contributed by atoms with E-state index in [1.165, 1.54) is 13.3 Å². The monoisotopic (exact) mass is 537 g/mol. The molecule has 0 saturated carbocycles. The Labute approximate surface area is 210 Å². The number of methoxy groups -OCH3 is 1. The highest BCUT2D eigenvalue weighted by Gasteiger charge is 2.15. The molecule has 1 amide bonds. The van der Waals surface area contributed by atoms with E-state index in [1.54, 1.807) is 18.2 Å². The van der Waals surface area contributed by atoms with Crippen molar-refractivity contribution in [2.45, 2.75) is 6.92 Å². The molecule has 3 aromatic carbocycles. The zero-order chi connectivity index (χ0) is 24.2. The first kappa shape index (κ1) is 23.6. The minimum Gasteiger partial charge on any atom is -0.503 e. The fourth-order valence-electron chi connectivity index (χ4n) is 3.56. The first-order valence-corrected chi connectivity index (χ1v) is 11.5. The molecule has 0 saturated heterocycles. The van der Waals surface area contributed by atoms with Crippen LogP contribution in [0.15, 0.2) is 82.4 Å². The number of benzene rings is 3. The molecular formula is C26H21BrClN3O3. The molecular weight excluding hydrogens is 518 g/mol.